The number of carboxylic acids is 1. The van der Waals surface area contributed by atoms with Gasteiger partial charge in [-0.25, -0.2) is 0 Å². The van der Waals surface area contributed by atoms with Crippen LogP contribution in [0.5, 0.6) is 5.75 Å². The van der Waals surface area contributed by atoms with Gasteiger partial charge in [-0.15, -0.1) is 0 Å². The van der Waals surface area contributed by atoms with Gasteiger partial charge in [0.15, 0.2) is 0 Å². The summed E-state index contributed by atoms with van der Waals surface area (Å²) in [5.41, 5.74) is 0.884. The van der Waals surface area contributed by atoms with E-state index < -0.39 is 5.97 Å². The summed E-state index contributed by atoms with van der Waals surface area (Å²) in [5.74, 6) is 0.253. The fourth-order valence-electron chi connectivity index (χ4n) is 2.80. The second-order valence-electron chi connectivity index (χ2n) is 5.05. The van der Waals surface area contributed by atoms with Crippen LogP contribution >= 0.6 is 0 Å². The lowest BCUT2D eigenvalue weighted by atomic mass is 9.88. The van der Waals surface area contributed by atoms with Crippen molar-refractivity contribution in [1.82, 2.24) is 0 Å². The minimum absolute atomic E-state index is 0.376. The molecule has 1 atom stereocenters. The van der Waals surface area contributed by atoms with Crippen LogP contribution in [0.1, 0.15) is 43.6 Å². The van der Waals surface area contributed by atoms with E-state index in [1.165, 1.54) is 25.7 Å². The Balaban J connectivity index is 2.10. The van der Waals surface area contributed by atoms with E-state index in [1.54, 1.807) is 7.11 Å². The third kappa shape index (κ3) is 3.03. The Hall–Kier alpha value is -1.51. The molecule has 0 bridgehead atoms. The van der Waals surface area contributed by atoms with Gasteiger partial charge in [0.2, 0.25) is 0 Å². The number of rotatable bonds is 5. The molecular weight excluding hydrogens is 228 g/mol. The molecule has 3 nitrogen and oxygen atoms in total. The first kappa shape index (κ1) is 12.9. The van der Waals surface area contributed by atoms with Crippen LogP contribution in [0.3, 0.4) is 0 Å². The van der Waals surface area contributed by atoms with Gasteiger partial charge in [0.1, 0.15) is 5.75 Å². The normalized spacial score (nSPS) is 17.6. The van der Waals surface area contributed by atoms with Gasteiger partial charge in [-0.05, 0) is 30.0 Å². The predicted octanol–water partition coefficient (Wildman–Crippen LogP) is 3.44. The van der Waals surface area contributed by atoms with Crippen molar-refractivity contribution in [2.45, 2.75) is 38.0 Å². The van der Waals surface area contributed by atoms with E-state index in [1.807, 2.05) is 24.3 Å². The van der Waals surface area contributed by atoms with Crippen LogP contribution in [0, 0.1) is 5.92 Å². The number of hydrogen-bond donors (Lipinski definition) is 1. The molecule has 0 aliphatic heterocycles. The topological polar surface area (TPSA) is 46.5 Å². The monoisotopic (exact) mass is 248 g/mol. The Labute approximate surface area is 108 Å². The van der Waals surface area contributed by atoms with E-state index in [2.05, 4.69) is 0 Å². The molecule has 1 fully saturated rings. The van der Waals surface area contributed by atoms with Gasteiger partial charge in [-0.2, -0.15) is 0 Å². The van der Waals surface area contributed by atoms with Gasteiger partial charge in [-0.1, -0.05) is 37.8 Å². The van der Waals surface area contributed by atoms with Gasteiger partial charge in [0, 0.05) is 0 Å². The second kappa shape index (κ2) is 5.89. The van der Waals surface area contributed by atoms with Crippen LogP contribution < -0.4 is 4.74 Å². The maximum atomic E-state index is 11.4. The molecule has 0 radical (unpaired) electrons. The number of hydrogen-bond acceptors (Lipinski definition) is 2. The number of ether oxygens (including phenoxy) is 1. The van der Waals surface area contributed by atoms with E-state index in [0.29, 0.717) is 5.92 Å². The molecule has 3 heteroatoms. The zero-order valence-corrected chi connectivity index (χ0v) is 10.8. The van der Waals surface area contributed by atoms with Gasteiger partial charge in [0.05, 0.1) is 13.0 Å². The summed E-state index contributed by atoms with van der Waals surface area (Å²) in [4.78, 5) is 11.4. The van der Waals surface area contributed by atoms with Crippen LogP contribution in [0.25, 0.3) is 0 Å². The van der Waals surface area contributed by atoms with Crippen LogP contribution in [0.4, 0.5) is 0 Å². The third-order valence-corrected chi connectivity index (χ3v) is 3.86. The maximum Gasteiger partial charge on any atom is 0.310 e. The van der Waals surface area contributed by atoms with E-state index in [4.69, 9.17) is 4.74 Å². The fraction of sp³-hybridized carbons (Fsp3) is 0.533. The Morgan fingerprint density at radius 3 is 2.44 bits per heavy atom. The Bertz CT molecular complexity index is 391. The molecule has 0 saturated heterocycles. The predicted molar refractivity (Wildman–Crippen MR) is 69.9 cm³/mol. The van der Waals surface area contributed by atoms with Gasteiger partial charge >= 0.3 is 5.97 Å². The van der Waals surface area contributed by atoms with E-state index in [0.717, 1.165) is 17.7 Å². The first-order valence-electron chi connectivity index (χ1n) is 6.57. The molecule has 1 aliphatic rings. The summed E-state index contributed by atoms with van der Waals surface area (Å²) in [6, 6.07) is 7.40. The largest absolute Gasteiger partial charge is 0.497 e. The Morgan fingerprint density at radius 1 is 1.33 bits per heavy atom. The molecule has 1 N–H and O–H groups in total. The highest BCUT2D eigenvalue weighted by atomic mass is 16.5. The molecule has 18 heavy (non-hydrogen) atoms. The summed E-state index contributed by atoms with van der Waals surface area (Å²) in [7, 11) is 1.61. The minimum atomic E-state index is -0.716. The van der Waals surface area contributed by atoms with Gasteiger partial charge < -0.3 is 9.84 Å². The molecule has 2 rings (SSSR count). The first-order chi connectivity index (χ1) is 8.70. The minimum Gasteiger partial charge on any atom is -0.497 e. The molecule has 1 saturated carbocycles. The fourth-order valence-corrected chi connectivity index (χ4v) is 2.80. The summed E-state index contributed by atoms with van der Waals surface area (Å²) < 4.78 is 5.10. The molecule has 0 amide bonds. The quantitative estimate of drug-likeness (QED) is 0.868. The molecule has 1 aromatic rings. The average molecular weight is 248 g/mol. The van der Waals surface area contributed by atoms with Crippen molar-refractivity contribution in [3.63, 3.8) is 0 Å². The highest BCUT2D eigenvalue weighted by Crippen LogP contribution is 2.34. The molecule has 98 valence electrons. The van der Waals surface area contributed by atoms with E-state index in [-0.39, 0.29) is 5.92 Å². The number of carboxylic acid groups (broad SMARTS) is 1. The summed E-state index contributed by atoms with van der Waals surface area (Å²) in [6.07, 6.45) is 5.63. The molecule has 0 unspecified atom stereocenters. The summed E-state index contributed by atoms with van der Waals surface area (Å²) in [6.45, 7) is 0. The highest BCUT2D eigenvalue weighted by Gasteiger charge is 2.26. The lowest BCUT2D eigenvalue weighted by Gasteiger charge is -2.17. The van der Waals surface area contributed by atoms with Crippen LogP contribution in [-0.2, 0) is 4.79 Å². The lowest BCUT2D eigenvalue weighted by molar-refractivity contribution is -0.139. The SMILES string of the molecule is COc1ccc([C@H](CC2CCCC2)C(=O)O)cc1. The summed E-state index contributed by atoms with van der Waals surface area (Å²) >= 11 is 0. The zero-order chi connectivity index (χ0) is 13.0. The van der Waals surface area contributed by atoms with Crippen LogP contribution in [0.15, 0.2) is 24.3 Å². The number of methoxy groups -OCH3 is 1. The van der Waals surface area contributed by atoms with Gasteiger partial charge in [0.25, 0.3) is 0 Å². The van der Waals surface area contributed by atoms with E-state index >= 15 is 0 Å². The average Bonchev–Trinajstić information content (AvgIpc) is 2.89. The Morgan fingerprint density at radius 2 is 1.94 bits per heavy atom. The van der Waals surface area contributed by atoms with Crippen molar-refractivity contribution in [3.05, 3.63) is 29.8 Å². The smallest absolute Gasteiger partial charge is 0.310 e. The number of benzene rings is 1. The molecule has 0 aromatic heterocycles. The van der Waals surface area contributed by atoms with Crippen molar-refractivity contribution >= 4 is 5.97 Å². The molecular formula is C15H20O3. The molecule has 0 spiro atoms. The van der Waals surface area contributed by atoms with Crippen LogP contribution in [-0.4, -0.2) is 18.2 Å². The first-order valence-corrected chi connectivity index (χ1v) is 6.57. The zero-order valence-electron chi connectivity index (χ0n) is 10.8. The number of aliphatic carboxylic acids is 1. The van der Waals surface area contributed by atoms with Gasteiger partial charge in [-0.3, -0.25) is 4.79 Å². The van der Waals surface area contributed by atoms with Crippen molar-refractivity contribution < 1.29 is 14.6 Å². The van der Waals surface area contributed by atoms with Crippen molar-refractivity contribution in [3.8, 4) is 5.75 Å². The van der Waals surface area contributed by atoms with Crippen molar-refractivity contribution in [2.24, 2.45) is 5.92 Å². The van der Waals surface area contributed by atoms with E-state index in [9.17, 15) is 9.90 Å². The molecule has 1 aromatic carbocycles. The van der Waals surface area contributed by atoms with Crippen molar-refractivity contribution in [1.29, 1.82) is 0 Å². The third-order valence-electron chi connectivity index (χ3n) is 3.86. The summed E-state index contributed by atoms with van der Waals surface area (Å²) in [5, 5.41) is 9.38. The second-order valence-corrected chi connectivity index (χ2v) is 5.05. The van der Waals surface area contributed by atoms with Crippen LogP contribution in [0.2, 0.25) is 0 Å². The highest BCUT2D eigenvalue weighted by molar-refractivity contribution is 5.76. The standard InChI is InChI=1S/C15H20O3/c1-18-13-8-6-12(7-9-13)14(15(16)17)10-11-4-2-3-5-11/h6-9,11,14H,2-5,10H2,1H3,(H,16,17)/t14-/m0/s1. The lowest BCUT2D eigenvalue weighted by Crippen LogP contribution is -2.15. The maximum absolute atomic E-state index is 11.4. The number of carbonyl (C=O) groups is 1. The van der Waals surface area contributed by atoms with Crippen molar-refractivity contribution in [2.75, 3.05) is 7.11 Å². The molecule has 1 aliphatic carbocycles. The molecule has 0 heterocycles. The Kier molecular flexibility index (Phi) is 4.24.